The van der Waals surface area contributed by atoms with Gasteiger partial charge in [-0.3, -0.25) is 4.90 Å². The predicted molar refractivity (Wildman–Crippen MR) is 75.4 cm³/mol. The van der Waals surface area contributed by atoms with Gasteiger partial charge in [0.2, 0.25) is 0 Å². The molecule has 0 saturated carbocycles. The van der Waals surface area contributed by atoms with Gasteiger partial charge in [0.25, 0.3) is 0 Å². The maximum Gasteiger partial charge on any atom is 0.130 e. The highest BCUT2D eigenvalue weighted by Gasteiger charge is 2.36. The fourth-order valence-corrected chi connectivity index (χ4v) is 3.71. The van der Waals surface area contributed by atoms with E-state index in [4.69, 9.17) is 0 Å². The van der Waals surface area contributed by atoms with Crippen LogP contribution in [0.25, 0.3) is 0 Å². The molecule has 0 amide bonds. The summed E-state index contributed by atoms with van der Waals surface area (Å²) in [6, 6.07) is 3.91. The molecule has 0 bridgehead atoms. The molecule has 1 spiro atoms. The number of piperidine rings is 2. The molecule has 0 radical (unpaired) electrons. The van der Waals surface area contributed by atoms with E-state index in [9.17, 15) is 8.78 Å². The molecular weight excluding hydrogens is 258 g/mol. The zero-order valence-corrected chi connectivity index (χ0v) is 11.8. The maximum atomic E-state index is 13.8. The summed E-state index contributed by atoms with van der Waals surface area (Å²) < 4.78 is 26.7. The third-order valence-corrected chi connectivity index (χ3v) is 4.71. The monoisotopic (exact) mass is 280 g/mol. The van der Waals surface area contributed by atoms with Gasteiger partial charge in [-0.2, -0.15) is 0 Å². The van der Waals surface area contributed by atoms with Gasteiger partial charge in [-0.05, 0) is 50.3 Å². The lowest BCUT2D eigenvalue weighted by Gasteiger charge is -2.45. The van der Waals surface area contributed by atoms with E-state index in [1.807, 2.05) is 0 Å². The van der Waals surface area contributed by atoms with E-state index in [-0.39, 0.29) is 0 Å². The molecule has 4 heteroatoms. The summed E-state index contributed by atoms with van der Waals surface area (Å²) >= 11 is 0. The Morgan fingerprint density at radius 1 is 1.20 bits per heavy atom. The Balaban J connectivity index is 1.68. The molecule has 2 nitrogen and oxygen atoms in total. The molecule has 1 atom stereocenters. The molecule has 1 aromatic carbocycles. The number of nitrogens with zero attached hydrogens (tertiary/aromatic N) is 1. The lowest BCUT2D eigenvalue weighted by molar-refractivity contribution is 0.0594. The third kappa shape index (κ3) is 3.01. The first-order valence-corrected chi connectivity index (χ1v) is 7.54. The van der Waals surface area contributed by atoms with Gasteiger partial charge in [-0.1, -0.05) is 6.07 Å². The molecule has 2 fully saturated rings. The Kier molecular flexibility index (Phi) is 4.03. The number of hydrogen-bond acceptors (Lipinski definition) is 2. The quantitative estimate of drug-likeness (QED) is 0.896. The highest BCUT2D eigenvalue weighted by molar-refractivity contribution is 5.18. The minimum Gasteiger partial charge on any atom is -0.316 e. The molecule has 2 aliphatic heterocycles. The first-order chi connectivity index (χ1) is 9.67. The first kappa shape index (κ1) is 14.0. The van der Waals surface area contributed by atoms with Crippen LogP contribution in [0.2, 0.25) is 0 Å². The first-order valence-electron chi connectivity index (χ1n) is 7.54. The highest BCUT2D eigenvalue weighted by atomic mass is 19.1. The lowest BCUT2D eigenvalue weighted by Crippen LogP contribution is -2.50. The summed E-state index contributed by atoms with van der Waals surface area (Å²) in [7, 11) is 0. The summed E-state index contributed by atoms with van der Waals surface area (Å²) in [4.78, 5) is 2.33. The highest BCUT2D eigenvalue weighted by Crippen LogP contribution is 2.36. The van der Waals surface area contributed by atoms with Crippen LogP contribution in [-0.2, 0) is 6.54 Å². The molecule has 0 aliphatic carbocycles. The van der Waals surface area contributed by atoms with Crippen LogP contribution in [0, 0.1) is 17.0 Å². The third-order valence-electron chi connectivity index (χ3n) is 4.71. The Bertz CT molecular complexity index is 464. The second kappa shape index (κ2) is 5.78. The number of hydrogen-bond donors (Lipinski definition) is 1. The van der Waals surface area contributed by atoms with Crippen LogP contribution in [0.4, 0.5) is 8.78 Å². The predicted octanol–water partition coefficient (Wildman–Crippen LogP) is 2.93. The average molecular weight is 280 g/mol. The van der Waals surface area contributed by atoms with Crippen LogP contribution in [0.5, 0.6) is 0 Å². The van der Waals surface area contributed by atoms with Crippen molar-refractivity contribution < 1.29 is 8.78 Å². The van der Waals surface area contributed by atoms with Gasteiger partial charge in [-0.25, -0.2) is 8.78 Å². The molecule has 0 aromatic heterocycles. The Hall–Kier alpha value is -1.00. The molecule has 2 heterocycles. The minimum atomic E-state index is -0.502. The number of halogens is 2. The summed E-state index contributed by atoms with van der Waals surface area (Å²) in [5.74, 6) is -0.927. The van der Waals surface area contributed by atoms with Crippen molar-refractivity contribution >= 4 is 0 Å². The zero-order chi connectivity index (χ0) is 14.0. The lowest BCUT2D eigenvalue weighted by atomic mass is 9.74. The largest absolute Gasteiger partial charge is 0.316 e. The van der Waals surface area contributed by atoms with Crippen molar-refractivity contribution in [3.05, 3.63) is 35.4 Å². The molecule has 1 aromatic rings. The van der Waals surface area contributed by atoms with Crippen molar-refractivity contribution in [2.24, 2.45) is 5.41 Å². The molecule has 20 heavy (non-hydrogen) atoms. The van der Waals surface area contributed by atoms with Crippen LogP contribution in [0.3, 0.4) is 0 Å². The molecular formula is C16H22F2N2. The van der Waals surface area contributed by atoms with E-state index in [2.05, 4.69) is 10.2 Å². The van der Waals surface area contributed by atoms with Crippen LogP contribution in [0.1, 0.15) is 31.2 Å². The van der Waals surface area contributed by atoms with Crippen molar-refractivity contribution in [3.63, 3.8) is 0 Å². The van der Waals surface area contributed by atoms with Crippen molar-refractivity contribution in [3.8, 4) is 0 Å². The van der Waals surface area contributed by atoms with Gasteiger partial charge in [0, 0.05) is 31.3 Å². The van der Waals surface area contributed by atoms with E-state index in [0.717, 1.165) is 32.2 Å². The smallest absolute Gasteiger partial charge is 0.130 e. The molecule has 1 N–H and O–H groups in total. The summed E-state index contributed by atoms with van der Waals surface area (Å²) in [5.41, 5.74) is 0.972. The van der Waals surface area contributed by atoms with Crippen LogP contribution < -0.4 is 5.32 Å². The summed E-state index contributed by atoms with van der Waals surface area (Å²) in [5, 5.41) is 3.50. The van der Waals surface area contributed by atoms with E-state index in [1.165, 1.54) is 31.7 Å². The van der Waals surface area contributed by atoms with Gasteiger partial charge in [0.1, 0.15) is 11.6 Å². The van der Waals surface area contributed by atoms with Gasteiger partial charge in [-0.15, -0.1) is 0 Å². The minimum absolute atomic E-state index is 0.368. The summed E-state index contributed by atoms with van der Waals surface area (Å²) in [6.07, 6.45) is 4.94. The van der Waals surface area contributed by atoms with Crippen LogP contribution in [0.15, 0.2) is 18.2 Å². The molecule has 3 rings (SSSR count). The van der Waals surface area contributed by atoms with Crippen molar-refractivity contribution in [1.29, 1.82) is 0 Å². The zero-order valence-electron chi connectivity index (χ0n) is 11.8. The van der Waals surface area contributed by atoms with E-state index in [0.29, 0.717) is 17.5 Å². The van der Waals surface area contributed by atoms with E-state index < -0.39 is 11.6 Å². The van der Waals surface area contributed by atoms with Gasteiger partial charge in [0.15, 0.2) is 0 Å². The van der Waals surface area contributed by atoms with Crippen LogP contribution >= 0.6 is 0 Å². The van der Waals surface area contributed by atoms with Crippen molar-refractivity contribution in [1.82, 2.24) is 10.2 Å². The standard InChI is InChI=1S/C16H22F2N2/c17-14-4-3-13(15(18)9-14)10-20-8-2-6-16(12-20)5-1-7-19-11-16/h3-4,9,19H,1-2,5-8,10-12H2. The average Bonchev–Trinajstić information content (AvgIpc) is 2.43. The van der Waals surface area contributed by atoms with Gasteiger partial charge in [0.05, 0.1) is 0 Å². The second-order valence-corrected chi connectivity index (χ2v) is 6.33. The second-order valence-electron chi connectivity index (χ2n) is 6.33. The molecule has 2 saturated heterocycles. The molecule has 1 unspecified atom stereocenters. The topological polar surface area (TPSA) is 15.3 Å². The Labute approximate surface area is 119 Å². The Morgan fingerprint density at radius 2 is 2.05 bits per heavy atom. The van der Waals surface area contributed by atoms with Crippen molar-refractivity contribution in [2.45, 2.75) is 32.2 Å². The van der Waals surface area contributed by atoms with Gasteiger partial charge >= 0.3 is 0 Å². The molecule has 110 valence electrons. The van der Waals surface area contributed by atoms with Gasteiger partial charge < -0.3 is 5.32 Å². The SMILES string of the molecule is Fc1ccc(CN2CCCC3(CCCNC3)C2)c(F)c1. The maximum absolute atomic E-state index is 13.8. The van der Waals surface area contributed by atoms with Crippen molar-refractivity contribution in [2.75, 3.05) is 26.2 Å². The number of rotatable bonds is 2. The number of likely N-dealkylation sites (tertiary alicyclic amines) is 1. The Morgan fingerprint density at radius 3 is 2.80 bits per heavy atom. The number of nitrogens with one attached hydrogen (secondary N) is 1. The van der Waals surface area contributed by atoms with E-state index in [1.54, 1.807) is 6.07 Å². The number of benzene rings is 1. The fraction of sp³-hybridized carbons (Fsp3) is 0.625. The summed E-state index contributed by atoms with van der Waals surface area (Å²) in [6.45, 7) is 4.83. The normalized spacial score (nSPS) is 27.9. The van der Waals surface area contributed by atoms with E-state index >= 15 is 0 Å². The van der Waals surface area contributed by atoms with Crippen LogP contribution in [-0.4, -0.2) is 31.1 Å². The fourth-order valence-electron chi connectivity index (χ4n) is 3.71. The molecule has 2 aliphatic rings.